The average molecular weight is 299 g/mol. The van der Waals surface area contributed by atoms with E-state index in [2.05, 4.69) is 13.8 Å². The molecule has 0 aliphatic heterocycles. The summed E-state index contributed by atoms with van der Waals surface area (Å²) in [5.74, 6) is 0.335. The predicted molar refractivity (Wildman–Crippen MR) is 81.0 cm³/mol. The van der Waals surface area contributed by atoms with Crippen LogP contribution in [-0.4, -0.2) is 30.9 Å². The van der Waals surface area contributed by atoms with Crippen LogP contribution >= 0.6 is 0 Å². The van der Waals surface area contributed by atoms with Crippen molar-refractivity contribution < 1.29 is 13.5 Å². The summed E-state index contributed by atoms with van der Waals surface area (Å²) in [4.78, 5) is 0.284. The van der Waals surface area contributed by atoms with Gasteiger partial charge in [0, 0.05) is 13.1 Å². The standard InChI is InChI=1S/C15H25NO3S/c1-5-12(3)11-16(6-2)20(18,19)15-9-7-14(8-10-15)13(4)17/h7-10,12-13,17H,5-6,11H2,1-4H3. The second-order valence-electron chi connectivity index (χ2n) is 5.21. The molecule has 0 bridgehead atoms. The minimum atomic E-state index is -3.45. The van der Waals surface area contributed by atoms with E-state index >= 15 is 0 Å². The molecule has 0 saturated carbocycles. The Kier molecular flexibility index (Phi) is 6.17. The van der Waals surface area contributed by atoms with Crippen LogP contribution in [0.15, 0.2) is 29.2 Å². The molecule has 2 atom stereocenters. The van der Waals surface area contributed by atoms with E-state index in [0.29, 0.717) is 24.6 Å². The molecule has 0 radical (unpaired) electrons. The zero-order valence-corrected chi connectivity index (χ0v) is 13.5. The molecule has 114 valence electrons. The number of hydrogen-bond donors (Lipinski definition) is 1. The fourth-order valence-corrected chi connectivity index (χ4v) is 3.51. The van der Waals surface area contributed by atoms with Crippen molar-refractivity contribution in [2.45, 2.75) is 45.1 Å². The number of benzene rings is 1. The van der Waals surface area contributed by atoms with Crippen LogP contribution < -0.4 is 0 Å². The SMILES string of the molecule is CCC(C)CN(CC)S(=O)(=O)c1ccc(C(C)O)cc1. The van der Waals surface area contributed by atoms with Gasteiger partial charge < -0.3 is 5.11 Å². The van der Waals surface area contributed by atoms with Crippen molar-refractivity contribution in [3.63, 3.8) is 0 Å². The molecule has 0 amide bonds. The van der Waals surface area contributed by atoms with Gasteiger partial charge in [0.1, 0.15) is 0 Å². The van der Waals surface area contributed by atoms with Crippen LogP contribution in [0.2, 0.25) is 0 Å². The molecule has 20 heavy (non-hydrogen) atoms. The van der Waals surface area contributed by atoms with Crippen LogP contribution in [-0.2, 0) is 10.0 Å². The molecule has 0 aromatic heterocycles. The second-order valence-corrected chi connectivity index (χ2v) is 7.15. The smallest absolute Gasteiger partial charge is 0.243 e. The lowest BCUT2D eigenvalue weighted by atomic mass is 10.1. The number of nitrogens with zero attached hydrogens (tertiary/aromatic N) is 1. The molecule has 0 aliphatic rings. The molecule has 1 aromatic rings. The average Bonchev–Trinajstić information content (AvgIpc) is 2.44. The first-order valence-electron chi connectivity index (χ1n) is 7.11. The number of aliphatic hydroxyl groups is 1. The Balaban J connectivity index is 3.01. The summed E-state index contributed by atoms with van der Waals surface area (Å²) in [5.41, 5.74) is 0.717. The van der Waals surface area contributed by atoms with Crippen LogP contribution in [0.25, 0.3) is 0 Å². The molecule has 1 rings (SSSR count). The fourth-order valence-electron chi connectivity index (χ4n) is 1.94. The summed E-state index contributed by atoms with van der Waals surface area (Å²) in [6.45, 7) is 8.62. The molecule has 0 fully saturated rings. The Morgan fingerprint density at radius 1 is 1.15 bits per heavy atom. The molecule has 5 heteroatoms. The van der Waals surface area contributed by atoms with Gasteiger partial charge in [-0.15, -0.1) is 0 Å². The maximum Gasteiger partial charge on any atom is 0.243 e. The highest BCUT2D eigenvalue weighted by atomic mass is 32.2. The van der Waals surface area contributed by atoms with Crippen LogP contribution in [0.3, 0.4) is 0 Å². The Hall–Kier alpha value is -0.910. The van der Waals surface area contributed by atoms with Crippen molar-refractivity contribution in [1.29, 1.82) is 0 Å². The van der Waals surface area contributed by atoms with E-state index in [1.165, 1.54) is 4.31 Å². The van der Waals surface area contributed by atoms with Gasteiger partial charge in [-0.25, -0.2) is 8.42 Å². The molecular formula is C15H25NO3S. The van der Waals surface area contributed by atoms with E-state index in [1.54, 1.807) is 31.2 Å². The minimum absolute atomic E-state index is 0.284. The summed E-state index contributed by atoms with van der Waals surface area (Å²) in [7, 11) is -3.45. The summed E-state index contributed by atoms with van der Waals surface area (Å²) < 4.78 is 26.6. The summed E-state index contributed by atoms with van der Waals surface area (Å²) in [5, 5.41) is 9.46. The number of rotatable bonds is 7. The summed E-state index contributed by atoms with van der Waals surface area (Å²) in [6.07, 6.45) is 0.363. The molecule has 1 N–H and O–H groups in total. The monoisotopic (exact) mass is 299 g/mol. The third-order valence-electron chi connectivity index (χ3n) is 3.57. The van der Waals surface area contributed by atoms with Crippen molar-refractivity contribution in [3.05, 3.63) is 29.8 Å². The van der Waals surface area contributed by atoms with Gasteiger partial charge in [-0.1, -0.05) is 39.3 Å². The minimum Gasteiger partial charge on any atom is -0.389 e. The van der Waals surface area contributed by atoms with E-state index in [4.69, 9.17) is 0 Å². The first kappa shape index (κ1) is 17.1. The first-order valence-corrected chi connectivity index (χ1v) is 8.55. The molecule has 0 heterocycles. The van der Waals surface area contributed by atoms with Gasteiger partial charge in [0.15, 0.2) is 0 Å². The number of sulfonamides is 1. The van der Waals surface area contributed by atoms with Crippen molar-refractivity contribution in [2.75, 3.05) is 13.1 Å². The molecule has 1 aromatic carbocycles. The number of hydrogen-bond acceptors (Lipinski definition) is 3. The Labute approximate surface area is 122 Å². The maximum absolute atomic E-state index is 12.6. The Morgan fingerprint density at radius 3 is 2.10 bits per heavy atom. The van der Waals surface area contributed by atoms with Gasteiger partial charge >= 0.3 is 0 Å². The maximum atomic E-state index is 12.6. The molecule has 0 spiro atoms. The molecule has 2 unspecified atom stereocenters. The van der Waals surface area contributed by atoms with Crippen molar-refractivity contribution in [2.24, 2.45) is 5.92 Å². The van der Waals surface area contributed by atoms with E-state index in [0.717, 1.165) is 6.42 Å². The lowest BCUT2D eigenvalue weighted by molar-refractivity contribution is 0.199. The zero-order chi connectivity index (χ0) is 15.3. The highest BCUT2D eigenvalue weighted by molar-refractivity contribution is 7.89. The third-order valence-corrected chi connectivity index (χ3v) is 5.52. The highest BCUT2D eigenvalue weighted by Gasteiger charge is 2.24. The van der Waals surface area contributed by atoms with E-state index in [-0.39, 0.29) is 4.90 Å². The molecular weight excluding hydrogens is 274 g/mol. The van der Waals surface area contributed by atoms with E-state index in [9.17, 15) is 13.5 Å². The van der Waals surface area contributed by atoms with Crippen LogP contribution in [0.5, 0.6) is 0 Å². The second kappa shape index (κ2) is 7.20. The molecule has 4 nitrogen and oxygen atoms in total. The Morgan fingerprint density at radius 2 is 1.70 bits per heavy atom. The quantitative estimate of drug-likeness (QED) is 0.842. The molecule has 0 aliphatic carbocycles. The van der Waals surface area contributed by atoms with Gasteiger partial charge in [-0.2, -0.15) is 4.31 Å². The van der Waals surface area contributed by atoms with Gasteiger partial charge in [0.2, 0.25) is 10.0 Å². The normalized spacial score (nSPS) is 15.3. The van der Waals surface area contributed by atoms with Gasteiger partial charge in [0.05, 0.1) is 11.0 Å². The fraction of sp³-hybridized carbons (Fsp3) is 0.600. The van der Waals surface area contributed by atoms with E-state index in [1.807, 2.05) is 6.92 Å². The summed E-state index contributed by atoms with van der Waals surface area (Å²) in [6, 6.07) is 6.45. The highest BCUT2D eigenvalue weighted by Crippen LogP contribution is 2.20. The topological polar surface area (TPSA) is 57.6 Å². The van der Waals surface area contributed by atoms with Gasteiger partial charge in [-0.3, -0.25) is 0 Å². The largest absolute Gasteiger partial charge is 0.389 e. The summed E-state index contributed by atoms with van der Waals surface area (Å²) >= 11 is 0. The first-order chi connectivity index (χ1) is 9.32. The lowest BCUT2D eigenvalue weighted by Gasteiger charge is -2.23. The number of aliphatic hydroxyl groups excluding tert-OH is 1. The van der Waals surface area contributed by atoms with Gasteiger partial charge in [0.25, 0.3) is 0 Å². The van der Waals surface area contributed by atoms with Crippen molar-refractivity contribution in [1.82, 2.24) is 4.31 Å². The van der Waals surface area contributed by atoms with Crippen LogP contribution in [0.1, 0.15) is 45.8 Å². The van der Waals surface area contributed by atoms with Gasteiger partial charge in [-0.05, 0) is 30.5 Å². The van der Waals surface area contributed by atoms with Crippen LogP contribution in [0.4, 0.5) is 0 Å². The van der Waals surface area contributed by atoms with Crippen molar-refractivity contribution in [3.8, 4) is 0 Å². The van der Waals surface area contributed by atoms with Crippen molar-refractivity contribution >= 4 is 10.0 Å². The van der Waals surface area contributed by atoms with E-state index < -0.39 is 16.1 Å². The zero-order valence-electron chi connectivity index (χ0n) is 12.7. The molecule has 0 saturated heterocycles. The van der Waals surface area contributed by atoms with Crippen LogP contribution in [0, 0.1) is 5.92 Å². The Bertz CT molecular complexity index is 508. The predicted octanol–water partition coefficient (Wildman–Crippen LogP) is 2.80. The third kappa shape index (κ3) is 4.04. The lowest BCUT2D eigenvalue weighted by Crippen LogP contribution is -2.34.